The number of ether oxygens (including phenoxy) is 1. The van der Waals surface area contributed by atoms with Crippen molar-refractivity contribution < 1.29 is 4.74 Å². The Labute approximate surface area is 125 Å². The van der Waals surface area contributed by atoms with Crippen molar-refractivity contribution in [1.29, 1.82) is 0 Å². The lowest BCUT2D eigenvalue weighted by Gasteiger charge is -2.43. The molecule has 0 bridgehead atoms. The molecule has 0 aromatic carbocycles. The van der Waals surface area contributed by atoms with Crippen LogP contribution in [-0.2, 0) is 11.2 Å². The molecule has 1 aromatic rings. The molecule has 0 saturated carbocycles. The van der Waals surface area contributed by atoms with Crippen LogP contribution in [0.25, 0.3) is 0 Å². The molecule has 1 unspecified atom stereocenters. The number of hydrogen-bond acceptors (Lipinski definition) is 4. The highest BCUT2D eigenvalue weighted by Gasteiger charge is 2.36. The lowest BCUT2D eigenvalue weighted by molar-refractivity contribution is -0.0000981. The summed E-state index contributed by atoms with van der Waals surface area (Å²) in [5.74, 6) is 0.982. The normalized spacial score (nSPS) is 27.2. The van der Waals surface area contributed by atoms with Crippen LogP contribution in [0.5, 0.6) is 0 Å². The lowest BCUT2D eigenvalue weighted by atomic mass is 9.80. The SMILES string of the molecule is CC1c2ccsc2CCN1CC1(CS)CCOCC1. The Kier molecular flexibility index (Phi) is 4.22. The highest BCUT2D eigenvalue weighted by Crippen LogP contribution is 2.38. The molecule has 1 fully saturated rings. The van der Waals surface area contributed by atoms with Crippen molar-refractivity contribution in [3.8, 4) is 0 Å². The molecule has 1 aromatic heterocycles. The zero-order valence-corrected chi connectivity index (χ0v) is 13.3. The van der Waals surface area contributed by atoms with Crippen LogP contribution in [0, 0.1) is 5.41 Å². The summed E-state index contributed by atoms with van der Waals surface area (Å²) in [6.45, 7) is 6.55. The van der Waals surface area contributed by atoms with Gasteiger partial charge in [-0.15, -0.1) is 11.3 Å². The number of nitrogens with zero attached hydrogens (tertiary/aromatic N) is 1. The Morgan fingerprint density at radius 2 is 2.26 bits per heavy atom. The lowest BCUT2D eigenvalue weighted by Crippen LogP contribution is -2.45. The van der Waals surface area contributed by atoms with Gasteiger partial charge in [-0.1, -0.05) is 0 Å². The summed E-state index contributed by atoms with van der Waals surface area (Å²) in [6, 6.07) is 2.88. The summed E-state index contributed by atoms with van der Waals surface area (Å²) in [5, 5.41) is 2.24. The van der Waals surface area contributed by atoms with Gasteiger partial charge in [-0.05, 0) is 54.4 Å². The fourth-order valence-corrected chi connectivity index (χ4v) is 4.76. The Morgan fingerprint density at radius 1 is 1.47 bits per heavy atom. The van der Waals surface area contributed by atoms with Crippen LogP contribution in [-0.4, -0.2) is 37.0 Å². The van der Waals surface area contributed by atoms with E-state index in [9.17, 15) is 0 Å². The van der Waals surface area contributed by atoms with Gasteiger partial charge in [-0.2, -0.15) is 12.6 Å². The molecule has 19 heavy (non-hydrogen) atoms. The molecule has 0 spiro atoms. The van der Waals surface area contributed by atoms with E-state index >= 15 is 0 Å². The third kappa shape index (κ3) is 2.73. The van der Waals surface area contributed by atoms with Gasteiger partial charge in [0, 0.05) is 37.2 Å². The van der Waals surface area contributed by atoms with Crippen molar-refractivity contribution in [2.45, 2.75) is 32.2 Å². The summed E-state index contributed by atoms with van der Waals surface area (Å²) in [5.41, 5.74) is 1.92. The topological polar surface area (TPSA) is 12.5 Å². The van der Waals surface area contributed by atoms with E-state index in [1.165, 1.54) is 19.5 Å². The average Bonchev–Trinajstić information content (AvgIpc) is 2.92. The molecular formula is C15H23NOS2. The highest BCUT2D eigenvalue weighted by molar-refractivity contribution is 7.80. The van der Waals surface area contributed by atoms with Gasteiger partial charge in [0.1, 0.15) is 0 Å². The molecule has 1 atom stereocenters. The third-order valence-electron chi connectivity index (χ3n) is 4.83. The van der Waals surface area contributed by atoms with E-state index < -0.39 is 0 Å². The molecule has 0 N–H and O–H groups in total. The summed E-state index contributed by atoms with van der Waals surface area (Å²) >= 11 is 6.56. The monoisotopic (exact) mass is 297 g/mol. The number of rotatable bonds is 3. The van der Waals surface area contributed by atoms with Crippen molar-refractivity contribution in [2.75, 3.05) is 32.1 Å². The molecular weight excluding hydrogens is 274 g/mol. The van der Waals surface area contributed by atoms with Gasteiger partial charge in [0.15, 0.2) is 0 Å². The van der Waals surface area contributed by atoms with Crippen LogP contribution in [0.3, 0.4) is 0 Å². The zero-order chi connectivity index (χ0) is 13.3. The summed E-state index contributed by atoms with van der Waals surface area (Å²) < 4.78 is 5.54. The molecule has 0 radical (unpaired) electrons. The van der Waals surface area contributed by atoms with E-state index in [0.717, 1.165) is 31.8 Å². The number of fused-ring (bicyclic) bond motifs is 1. The number of thiophene rings is 1. The maximum atomic E-state index is 5.54. The second kappa shape index (κ2) is 5.76. The number of hydrogen-bond donors (Lipinski definition) is 1. The van der Waals surface area contributed by atoms with Gasteiger partial charge < -0.3 is 4.74 Å². The fourth-order valence-electron chi connectivity index (χ4n) is 3.38. The first kappa shape index (κ1) is 13.9. The Bertz CT molecular complexity index is 426. The Balaban J connectivity index is 1.73. The highest BCUT2D eigenvalue weighted by atomic mass is 32.1. The Hall–Kier alpha value is -0.0300. The molecule has 0 aliphatic carbocycles. The first-order valence-electron chi connectivity index (χ1n) is 7.23. The molecule has 3 heterocycles. The minimum atomic E-state index is 0.364. The van der Waals surface area contributed by atoms with Gasteiger partial charge >= 0.3 is 0 Å². The van der Waals surface area contributed by atoms with E-state index in [2.05, 4.69) is 35.9 Å². The second-order valence-electron chi connectivity index (χ2n) is 5.97. The maximum Gasteiger partial charge on any atom is 0.0472 e. The van der Waals surface area contributed by atoms with Crippen LogP contribution >= 0.6 is 24.0 Å². The standard InChI is InChI=1S/C15H23NOS2/c1-12-13-3-9-19-14(13)2-6-16(12)10-15(11-18)4-7-17-8-5-15/h3,9,12,18H,2,4-8,10-11H2,1H3. The largest absolute Gasteiger partial charge is 0.381 e. The van der Waals surface area contributed by atoms with Crippen molar-refractivity contribution in [3.63, 3.8) is 0 Å². The van der Waals surface area contributed by atoms with Crippen molar-refractivity contribution >= 4 is 24.0 Å². The van der Waals surface area contributed by atoms with Gasteiger partial charge in [-0.3, -0.25) is 4.90 Å². The maximum absolute atomic E-state index is 5.54. The third-order valence-corrected chi connectivity index (χ3v) is 6.50. The summed E-state index contributed by atoms with van der Waals surface area (Å²) in [6.07, 6.45) is 3.54. The first-order chi connectivity index (χ1) is 9.24. The predicted molar refractivity (Wildman–Crippen MR) is 84.4 cm³/mol. The molecule has 0 amide bonds. The second-order valence-corrected chi connectivity index (χ2v) is 7.28. The molecule has 106 valence electrons. The van der Waals surface area contributed by atoms with Gasteiger partial charge in [-0.25, -0.2) is 0 Å². The van der Waals surface area contributed by atoms with Gasteiger partial charge in [0.2, 0.25) is 0 Å². The zero-order valence-electron chi connectivity index (χ0n) is 11.6. The van der Waals surface area contributed by atoms with E-state index in [0.29, 0.717) is 11.5 Å². The summed E-state index contributed by atoms with van der Waals surface area (Å²) in [7, 11) is 0. The van der Waals surface area contributed by atoms with Crippen molar-refractivity contribution in [3.05, 3.63) is 21.9 Å². The van der Waals surface area contributed by atoms with Crippen LogP contribution in [0.1, 0.15) is 36.2 Å². The summed E-state index contributed by atoms with van der Waals surface area (Å²) in [4.78, 5) is 4.26. The van der Waals surface area contributed by atoms with Crippen molar-refractivity contribution in [1.82, 2.24) is 4.90 Å². The van der Waals surface area contributed by atoms with E-state index in [-0.39, 0.29) is 0 Å². The fraction of sp³-hybridized carbons (Fsp3) is 0.733. The van der Waals surface area contributed by atoms with Gasteiger partial charge in [0.25, 0.3) is 0 Å². The van der Waals surface area contributed by atoms with E-state index in [4.69, 9.17) is 4.74 Å². The quantitative estimate of drug-likeness (QED) is 0.859. The van der Waals surface area contributed by atoms with Crippen LogP contribution in [0.4, 0.5) is 0 Å². The molecule has 4 heteroatoms. The Morgan fingerprint density at radius 3 is 3.00 bits per heavy atom. The minimum Gasteiger partial charge on any atom is -0.381 e. The predicted octanol–water partition coefficient (Wildman–Crippen LogP) is 3.39. The van der Waals surface area contributed by atoms with E-state index in [1.54, 1.807) is 10.4 Å². The first-order valence-corrected chi connectivity index (χ1v) is 8.74. The molecule has 1 saturated heterocycles. The minimum absolute atomic E-state index is 0.364. The van der Waals surface area contributed by atoms with E-state index in [1.807, 2.05) is 11.3 Å². The molecule has 2 aliphatic heterocycles. The molecule has 2 aliphatic rings. The number of thiol groups is 1. The van der Waals surface area contributed by atoms with Crippen LogP contribution in [0.15, 0.2) is 11.4 Å². The smallest absolute Gasteiger partial charge is 0.0472 e. The molecule has 2 nitrogen and oxygen atoms in total. The van der Waals surface area contributed by atoms with Crippen molar-refractivity contribution in [2.24, 2.45) is 5.41 Å². The van der Waals surface area contributed by atoms with Crippen LogP contribution < -0.4 is 0 Å². The average molecular weight is 297 g/mol. The van der Waals surface area contributed by atoms with Crippen LogP contribution in [0.2, 0.25) is 0 Å². The molecule has 3 rings (SSSR count). The van der Waals surface area contributed by atoms with Gasteiger partial charge in [0.05, 0.1) is 0 Å².